The van der Waals surface area contributed by atoms with Gasteiger partial charge in [0.2, 0.25) is 0 Å². The van der Waals surface area contributed by atoms with E-state index in [0.29, 0.717) is 18.8 Å². The molecule has 136 valence electrons. The van der Waals surface area contributed by atoms with E-state index in [1.54, 1.807) is 12.0 Å². The number of nitrogens with zero attached hydrogens (tertiary/aromatic N) is 1. The maximum atomic E-state index is 12.7. The molecule has 0 saturated heterocycles. The Balaban J connectivity index is 3.01. The van der Waals surface area contributed by atoms with Crippen LogP contribution in [0.25, 0.3) is 0 Å². The third-order valence-electron chi connectivity index (χ3n) is 4.23. The highest BCUT2D eigenvalue weighted by Gasteiger charge is 2.24. The van der Waals surface area contributed by atoms with Crippen molar-refractivity contribution in [2.24, 2.45) is 11.3 Å². The number of rotatable bonds is 7. The Hall–Kier alpha value is -1.55. The molecule has 0 saturated carbocycles. The Labute approximate surface area is 147 Å². The van der Waals surface area contributed by atoms with Crippen molar-refractivity contribution in [2.75, 3.05) is 27.4 Å². The SMILES string of the molecule is COCCCOC1=CC(C(C)(C)C)C=CC(C(=O)N(C)C(C)C)=C1. The van der Waals surface area contributed by atoms with Gasteiger partial charge in [-0.25, -0.2) is 0 Å². The fraction of sp³-hybridized carbons (Fsp3) is 0.650. The third-order valence-corrected chi connectivity index (χ3v) is 4.23. The van der Waals surface area contributed by atoms with E-state index in [1.807, 2.05) is 33.0 Å². The quantitative estimate of drug-likeness (QED) is 0.661. The summed E-state index contributed by atoms with van der Waals surface area (Å²) in [5.74, 6) is 0.986. The summed E-state index contributed by atoms with van der Waals surface area (Å²) in [6, 6.07) is 0.156. The molecule has 0 N–H and O–H groups in total. The van der Waals surface area contributed by atoms with Gasteiger partial charge in [0.15, 0.2) is 0 Å². The van der Waals surface area contributed by atoms with Crippen LogP contribution in [-0.2, 0) is 14.3 Å². The van der Waals surface area contributed by atoms with Gasteiger partial charge in [0.25, 0.3) is 5.91 Å². The summed E-state index contributed by atoms with van der Waals surface area (Å²) in [5, 5.41) is 0. The van der Waals surface area contributed by atoms with E-state index in [9.17, 15) is 4.79 Å². The first-order chi connectivity index (χ1) is 11.2. The Morgan fingerprint density at radius 2 is 1.96 bits per heavy atom. The molecule has 1 aliphatic carbocycles. The average Bonchev–Trinajstić information content (AvgIpc) is 2.72. The molecular weight excluding hydrogens is 302 g/mol. The van der Waals surface area contributed by atoms with E-state index >= 15 is 0 Å². The molecule has 0 bridgehead atoms. The molecule has 0 aliphatic heterocycles. The van der Waals surface area contributed by atoms with Crippen molar-refractivity contribution >= 4 is 5.91 Å². The van der Waals surface area contributed by atoms with Crippen molar-refractivity contribution in [2.45, 2.75) is 47.1 Å². The number of allylic oxidation sites excluding steroid dienone is 3. The molecule has 0 radical (unpaired) electrons. The van der Waals surface area contributed by atoms with Gasteiger partial charge in [0, 0.05) is 44.7 Å². The van der Waals surface area contributed by atoms with E-state index in [4.69, 9.17) is 9.47 Å². The number of hydrogen-bond donors (Lipinski definition) is 0. The summed E-state index contributed by atoms with van der Waals surface area (Å²) < 4.78 is 11.0. The van der Waals surface area contributed by atoms with Crippen LogP contribution in [0.15, 0.2) is 35.6 Å². The van der Waals surface area contributed by atoms with Crippen LogP contribution < -0.4 is 0 Å². The Morgan fingerprint density at radius 1 is 1.29 bits per heavy atom. The highest BCUT2D eigenvalue weighted by atomic mass is 16.5. The van der Waals surface area contributed by atoms with Crippen molar-refractivity contribution in [1.29, 1.82) is 0 Å². The Morgan fingerprint density at radius 3 is 2.50 bits per heavy atom. The summed E-state index contributed by atoms with van der Waals surface area (Å²) >= 11 is 0. The molecule has 4 nitrogen and oxygen atoms in total. The van der Waals surface area contributed by atoms with Gasteiger partial charge in [-0.05, 0) is 31.4 Å². The number of carbonyl (C=O) groups excluding carboxylic acids is 1. The van der Waals surface area contributed by atoms with Gasteiger partial charge in [-0.2, -0.15) is 0 Å². The molecule has 1 amide bonds. The van der Waals surface area contributed by atoms with Crippen molar-refractivity contribution in [3.63, 3.8) is 0 Å². The zero-order valence-corrected chi connectivity index (χ0v) is 16.3. The van der Waals surface area contributed by atoms with Gasteiger partial charge in [-0.1, -0.05) is 32.9 Å². The molecule has 0 spiro atoms. The van der Waals surface area contributed by atoms with Crippen LogP contribution >= 0.6 is 0 Å². The number of methoxy groups -OCH3 is 1. The van der Waals surface area contributed by atoms with Crippen LogP contribution in [0.4, 0.5) is 0 Å². The highest BCUT2D eigenvalue weighted by Crippen LogP contribution is 2.32. The maximum absolute atomic E-state index is 12.7. The van der Waals surface area contributed by atoms with Crippen LogP contribution in [0.3, 0.4) is 0 Å². The van der Waals surface area contributed by atoms with Crippen LogP contribution in [0.2, 0.25) is 0 Å². The minimum Gasteiger partial charge on any atom is -0.494 e. The predicted octanol–water partition coefficient (Wildman–Crippen LogP) is 3.95. The third kappa shape index (κ3) is 6.16. The van der Waals surface area contributed by atoms with E-state index in [2.05, 4.69) is 32.9 Å². The molecule has 1 unspecified atom stereocenters. The zero-order valence-electron chi connectivity index (χ0n) is 16.3. The van der Waals surface area contributed by atoms with Crippen molar-refractivity contribution < 1.29 is 14.3 Å². The Kier molecular flexibility index (Phi) is 7.74. The number of likely N-dealkylation sites (N-methyl/N-ethyl adjacent to an activating group) is 1. The second-order valence-corrected chi connectivity index (χ2v) is 7.62. The molecule has 0 aromatic carbocycles. The minimum absolute atomic E-state index is 0.0159. The largest absolute Gasteiger partial charge is 0.494 e. The number of ether oxygens (including phenoxy) is 2. The lowest BCUT2D eigenvalue weighted by Crippen LogP contribution is -2.33. The van der Waals surface area contributed by atoms with Gasteiger partial charge < -0.3 is 14.4 Å². The fourth-order valence-electron chi connectivity index (χ4n) is 2.28. The van der Waals surface area contributed by atoms with E-state index in [-0.39, 0.29) is 23.3 Å². The first kappa shape index (κ1) is 20.5. The molecule has 0 aromatic rings. The monoisotopic (exact) mass is 335 g/mol. The van der Waals surface area contributed by atoms with Crippen molar-refractivity contribution in [3.05, 3.63) is 35.6 Å². The molecule has 0 fully saturated rings. The molecule has 1 aliphatic rings. The molecular formula is C20H33NO3. The number of amides is 1. The lowest BCUT2D eigenvalue weighted by Gasteiger charge is -2.25. The number of hydrogen-bond acceptors (Lipinski definition) is 3. The van der Waals surface area contributed by atoms with Crippen LogP contribution in [0, 0.1) is 11.3 Å². The molecule has 0 heterocycles. The normalized spacial score (nSPS) is 18.1. The molecule has 0 aromatic heterocycles. The summed E-state index contributed by atoms with van der Waals surface area (Å²) in [7, 11) is 3.51. The lowest BCUT2D eigenvalue weighted by molar-refractivity contribution is -0.126. The summed E-state index contributed by atoms with van der Waals surface area (Å²) in [6.07, 6.45) is 8.82. The topological polar surface area (TPSA) is 38.8 Å². The van der Waals surface area contributed by atoms with Gasteiger partial charge in [-0.3, -0.25) is 4.79 Å². The summed E-state index contributed by atoms with van der Waals surface area (Å²) in [5.41, 5.74) is 0.726. The van der Waals surface area contributed by atoms with E-state index < -0.39 is 0 Å². The van der Waals surface area contributed by atoms with Gasteiger partial charge >= 0.3 is 0 Å². The van der Waals surface area contributed by atoms with Gasteiger partial charge in [0.1, 0.15) is 5.76 Å². The molecule has 1 atom stereocenters. The van der Waals surface area contributed by atoms with Gasteiger partial charge in [0.05, 0.1) is 6.61 Å². The first-order valence-corrected chi connectivity index (χ1v) is 8.67. The van der Waals surface area contributed by atoms with Crippen LogP contribution in [0.1, 0.15) is 41.0 Å². The summed E-state index contributed by atoms with van der Waals surface area (Å²) in [4.78, 5) is 14.4. The van der Waals surface area contributed by atoms with Crippen LogP contribution in [-0.4, -0.2) is 44.2 Å². The second kappa shape index (κ2) is 9.07. The maximum Gasteiger partial charge on any atom is 0.253 e. The fourth-order valence-corrected chi connectivity index (χ4v) is 2.28. The molecule has 24 heavy (non-hydrogen) atoms. The minimum atomic E-state index is 0.0159. The lowest BCUT2D eigenvalue weighted by atomic mass is 9.80. The van der Waals surface area contributed by atoms with E-state index in [1.165, 1.54) is 0 Å². The van der Waals surface area contributed by atoms with Crippen molar-refractivity contribution in [1.82, 2.24) is 4.90 Å². The zero-order chi connectivity index (χ0) is 18.3. The average molecular weight is 335 g/mol. The molecule has 4 heteroatoms. The second-order valence-electron chi connectivity index (χ2n) is 7.62. The van der Waals surface area contributed by atoms with Gasteiger partial charge in [-0.15, -0.1) is 0 Å². The standard InChI is InChI=1S/C20H33NO3/c1-15(2)21(6)19(22)16-9-10-17(20(3,4)5)14-18(13-16)24-12-8-11-23-7/h9-10,13-15,17H,8,11-12H2,1-7H3. The van der Waals surface area contributed by atoms with E-state index in [0.717, 1.165) is 12.2 Å². The first-order valence-electron chi connectivity index (χ1n) is 8.67. The molecule has 1 rings (SSSR count). The Bertz CT molecular complexity index is 509. The smallest absolute Gasteiger partial charge is 0.253 e. The van der Waals surface area contributed by atoms with Crippen molar-refractivity contribution in [3.8, 4) is 0 Å². The van der Waals surface area contributed by atoms with Crippen LogP contribution in [0.5, 0.6) is 0 Å². The highest BCUT2D eigenvalue weighted by molar-refractivity contribution is 5.96. The number of carbonyl (C=O) groups is 1. The summed E-state index contributed by atoms with van der Waals surface area (Å²) in [6.45, 7) is 11.8. The predicted molar refractivity (Wildman–Crippen MR) is 98.6 cm³/mol.